The Morgan fingerprint density at radius 2 is 1.91 bits per heavy atom. The van der Waals surface area contributed by atoms with Crippen molar-refractivity contribution in [3.05, 3.63) is 46.3 Å². The number of amides is 1. The molecule has 1 atom stereocenters. The van der Waals surface area contributed by atoms with E-state index < -0.39 is 12.1 Å². The lowest BCUT2D eigenvalue weighted by Crippen LogP contribution is -2.35. The Morgan fingerprint density at radius 1 is 1.23 bits per heavy atom. The number of nitrogens with one attached hydrogen (secondary N) is 1. The molecule has 0 unspecified atom stereocenters. The van der Waals surface area contributed by atoms with E-state index in [1.165, 1.54) is 11.3 Å². The molecule has 0 radical (unpaired) electrons. The maximum atomic E-state index is 12.0. The molecule has 0 aliphatic carbocycles. The Hall–Kier alpha value is -1.85. The number of carbonyl (C=O) groups is 2. The zero-order valence-electron chi connectivity index (χ0n) is 12.3. The highest BCUT2D eigenvalue weighted by Crippen LogP contribution is 2.29. The Bertz CT molecular complexity index is 666. The maximum absolute atomic E-state index is 12.0. The monoisotopic (exact) mass is 337 g/mol. The number of thiophene rings is 1. The third-order valence-electron chi connectivity index (χ3n) is 2.94. The van der Waals surface area contributed by atoms with Crippen molar-refractivity contribution >= 4 is 34.8 Å². The van der Waals surface area contributed by atoms with Crippen LogP contribution in [0.5, 0.6) is 0 Å². The van der Waals surface area contributed by atoms with Crippen molar-refractivity contribution in [2.75, 3.05) is 6.54 Å². The minimum absolute atomic E-state index is 0.301. The van der Waals surface area contributed by atoms with Gasteiger partial charge in [-0.25, -0.2) is 4.79 Å². The zero-order valence-corrected chi connectivity index (χ0v) is 13.8. The van der Waals surface area contributed by atoms with E-state index in [4.69, 9.17) is 16.3 Å². The molecule has 2 rings (SSSR count). The summed E-state index contributed by atoms with van der Waals surface area (Å²) in [5.74, 6) is -0.797. The molecule has 1 aromatic carbocycles. The normalized spacial score (nSPS) is 11.8. The lowest BCUT2D eigenvalue weighted by Gasteiger charge is -2.11. The molecule has 2 aromatic rings. The van der Waals surface area contributed by atoms with Crippen LogP contribution in [0.4, 0.5) is 0 Å². The van der Waals surface area contributed by atoms with Crippen LogP contribution in [0.1, 0.15) is 23.5 Å². The zero-order chi connectivity index (χ0) is 16.1. The van der Waals surface area contributed by atoms with Crippen LogP contribution in [0.3, 0.4) is 0 Å². The number of halogens is 1. The second kappa shape index (κ2) is 7.42. The van der Waals surface area contributed by atoms with E-state index >= 15 is 0 Å². The molecule has 0 spiro atoms. The van der Waals surface area contributed by atoms with Crippen LogP contribution in [0, 0.1) is 0 Å². The van der Waals surface area contributed by atoms with Crippen LogP contribution >= 0.6 is 22.9 Å². The molecule has 0 aliphatic rings. The van der Waals surface area contributed by atoms with Crippen LogP contribution < -0.4 is 5.32 Å². The molecule has 0 aliphatic heterocycles. The molecule has 0 fully saturated rings. The third-order valence-corrected chi connectivity index (χ3v) is 4.31. The summed E-state index contributed by atoms with van der Waals surface area (Å²) in [7, 11) is 0. The summed E-state index contributed by atoms with van der Waals surface area (Å²) >= 11 is 7.18. The first-order valence-corrected chi connectivity index (χ1v) is 8.05. The number of hydrogen-bond donors (Lipinski definition) is 1. The number of likely N-dealkylation sites (N-methyl/N-ethyl adjacent to an activating group) is 1. The number of rotatable bonds is 5. The van der Waals surface area contributed by atoms with Crippen molar-refractivity contribution in [3.8, 4) is 10.4 Å². The predicted molar refractivity (Wildman–Crippen MR) is 88.3 cm³/mol. The van der Waals surface area contributed by atoms with Crippen LogP contribution in [0.25, 0.3) is 10.4 Å². The van der Waals surface area contributed by atoms with Gasteiger partial charge in [-0.3, -0.25) is 4.79 Å². The van der Waals surface area contributed by atoms with E-state index in [9.17, 15) is 9.59 Å². The minimum Gasteiger partial charge on any atom is -0.448 e. The number of hydrogen-bond acceptors (Lipinski definition) is 4. The number of esters is 1. The third kappa shape index (κ3) is 4.08. The highest BCUT2D eigenvalue weighted by Gasteiger charge is 2.19. The Balaban J connectivity index is 2.06. The molecule has 0 bridgehead atoms. The van der Waals surface area contributed by atoms with Crippen molar-refractivity contribution in [2.45, 2.75) is 20.0 Å². The van der Waals surface area contributed by atoms with Gasteiger partial charge >= 0.3 is 5.97 Å². The molecule has 1 N–H and O–H groups in total. The average Bonchev–Trinajstić information content (AvgIpc) is 2.98. The molecule has 1 aromatic heterocycles. The number of carbonyl (C=O) groups excluding carboxylic acids is 2. The van der Waals surface area contributed by atoms with E-state index in [0.717, 1.165) is 10.4 Å². The lowest BCUT2D eigenvalue weighted by molar-refractivity contribution is -0.128. The first kappa shape index (κ1) is 16.5. The van der Waals surface area contributed by atoms with E-state index in [1.807, 2.05) is 25.1 Å². The fourth-order valence-corrected chi connectivity index (χ4v) is 2.83. The van der Waals surface area contributed by atoms with Crippen LogP contribution in [0.2, 0.25) is 5.02 Å². The SMILES string of the molecule is CCNC(=O)[C@@H](C)OC(=O)c1ccc(-c2ccc(Cl)cc2)s1. The highest BCUT2D eigenvalue weighted by atomic mass is 35.5. The van der Waals surface area contributed by atoms with Gasteiger partial charge in [0.2, 0.25) is 0 Å². The number of ether oxygens (including phenoxy) is 1. The summed E-state index contributed by atoms with van der Waals surface area (Å²) in [6, 6.07) is 10.9. The number of benzene rings is 1. The Kier molecular flexibility index (Phi) is 5.57. The summed E-state index contributed by atoms with van der Waals surface area (Å²) in [6.07, 6.45) is -0.812. The minimum atomic E-state index is -0.812. The molecule has 116 valence electrons. The van der Waals surface area contributed by atoms with Crippen LogP contribution in [-0.4, -0.2) is 24.5 Å². The summed E-state index contributed by atoms with van der Waals surface area (Å²) < 4.78 is 5.16. The maximum Gasteiger partial charge on any atom is 0.349 e. The molecular formula is C16H16ClNO3S. The van der Waals surface area contributed by atoms with Gasteiger partial charge in [0, 0.05) is 16.4 Å². The second-order valence-corrected chi connectivity index (χ2v) is 6.13. The van der Waals surface area contributed by atoms with E-state index in [0.29, 0.717) is 16.4 Å². The topological polar surface area (TPSA) is 55.4 Å². The van der Waals surface area contributed by atoms with Gasteiger partial charge in [0.05, 0.1) is 0 Å². The molecule has 6 heteroatoms. The Labute approximate surface area is 138 Å². The molecule has 0 saturated heterocycles. The first-order valence-electron chi connectivity index (χ1n) is 6.85. The van der Waals surface area contributed by atoms with Crippen molar-refractivity contribution in [2.24, 2.45) is 0 Å². The summed E-state index contributed by atoms with van der Waals surface area (Å²) in [5, 5.41) is 3.28. The van der Waals surface area contributed by atoms with Crippen molar-refractivity contribution in [1.29, 1.82) is 0 Å². The van der Waals surface area contributed by atoms with Gasteiger partial charge in [-0.1, -0.05) is 23.7 Å². The van der Waals surface area contributed by atoms with E-state index in [1.54, 1.807) is 25.1 Å². The van der Waals surface area contributed by atoms with Gasteiger partial charge in [0.15, 0.2) is 6.10 Å². The lowest BCUT2D eigenvalue weighted by atomic mass is 10.2. The van der Waals surface area contributed by atoms with Crippen molar-refractivity contribution < 1.29 is 14.3 Å². The molecule has 1 heterocycles. The smallest absolute Gasteiger partial charge is 0.349 e. The van der Waals surface area contributed by atoms with Crippen molar-refractivity contribution in [1.82, 2.24) is 5.32 Å². The molecule has 1 amide bonds. The van der Waals surface area contributed by atoms with Crippen LogP contribution in [0.15, 0.2) is 36.4 Å². The first-order chi connectivity index (χ1) is 10.5. The van der Waals surface area contributed by atoms with E-state index in [-0.39, 0.29) is 5.91 Å². The summed E-state index contributed by atoms with van der Waals surface area (Å²) in [6.45, 7) is 3.86. The van der Waals surface area contributed by atoms with Gasteiger partial charge in [0.1, 0.15) is 4.88 Å². The molecule has 4 nitrogen and oxygen atoms in total. The van der Waals surface area contributed by atoms with Gasteiger partial charge in [0.25, 0.3) is 5.91 Å². The summed E-state index contributed by atoms with van der Waals surface area (Å²) in [4.78, 5) is 25.0. The van der Waals surface area contributed by atoms with Gasteiger partial charge < -0.3 is 10.1 Å². The summed E-state index contributed by atoms with van der Waals surface area (Å²) in [5.41, 5.74) is 0.977. The van der Waals surface area contributed by atoms with Gasteiger partial charge in [-0.2, -0.15) is 0 Å². The van der Waals surface area contributed by atoms with Gasteiger partial charge in [-0.15, -0.1) is 11.3 Å². The largest absolute Gasteiger partial charge is 0.448 e. The quantitative estimate of drug-likeness (QED) is 0.845. The van der Waals surface area contributed by atoms with Crippen LogP contribution in [-0.2, 0) is 9.53 Å². The Morgan fingerprint density at radius 3 is 2.55 bits per heavy atom. The second-order valence-electron chi connectivity index (χ2n) is 4.61. The average molecular weight is 338 g/mol. The fourth-order valence-electron chi connectivity index (χ4n) is 1.81. The highest BCUT2D eigenvalue weighted by molar-refractivity contribution is 7.17. The van der Waals surface area contributed by atoms with Crippen molar-refractivity contribution in [3.63, 3.8) is 0 Å². The standard InChI is InChI=1S/C16H16ClNO3S/c1-3-18-15(19)10(2)21-16(20)14-9-8-13(22-14)11-4-6-12(17)7-5-11/h4-10H,3H2,1-2H3,(H,18,19)/t10-/m1/s1. The van der Waals surface area contributed by atoms with E-state index in [2.05, 4.69) is 5.32 Å². The molecule has 22 heavy (non-hydrogen) atoms. The molecular weight excluding hydrogens is 322 g/mol. The molecule has 0 saturated carbocycles. The predicted octanol–water partition coefficient (Wildman–Crippen LogP) is 3.75. The van der Waals surface area contributed by atoms with Gasteiger partial charge in [-0.05, 0) is 43.7 Å². The fraction of sp³-hybridized carbons (Fsp3) is 0.250.